The van der Waals surface area contributed by atoms with Crippen molar-refractivity contribution < 1.29 is 4.74 Å². The Hall–Kier alpha value is -2.38. The minimum atomic E-state index is 0.241. The molecule has 3 aromatic rings. The van der Waals surface area contributed by atoms with E-state index in [1.165, 1.54) is 31.4 Å². The molecule has 0 atom stereocenters. The average Bonchev–Trinajstić information content (AvgIpc) is 3.30. The summed E-state index contributed by atoms with van der Waals surface area (Å²) in [6.45, 7) is 3.98. The highest BCUT2D eigenvalue weighted by molar-refractivity contribution is 6.28. The summed E-state index contributed by atoms with van der Waals surface area (Å²) in [7, 11) is 0. The second kappa shape index (κ2) is 6.57. The second-order valence-electron chi connectivity index (χ2n) is 8.62. The summed E-state index contributed by atoms with van der Waals surface area (Å²) in [4.78, 5) is 15.9. The Kier molecular flexibility index (Phi) is 3.96. The molecule has 150 valence electrons. The Morgan fingerprint density at radius 2 is 1.83 bits per heavy atom. The first kappa shape index (κ1) is 17.5. The molecular weight excluding hydrogens is 388 g/mol. The van der Waals surface area contributed by atoms with E-state index in [4.69, 9.17) is 16.3 Å². The van der Waals surface area contributed by atoms with Gasteiger partial charge >= 0.3 is 0 Å². The largest absolute Gasteiger partial charge is 0.380 e. The lowest BCUT2D eigenvalue weighted by Crippen LogP contribution is -2.66. The third kappa shape index (κ3) is 2.95. The molecule has 7 nitrogen and oxygen atoms in total. The van der Waals surface area contributed by atoms with Crippen molar-refractivity contribution in [2.45, 2.75) is 31.7 Å². The maximum atomic E-state index is 6.24. The van der Waals surface area contributed by atoms with Crippen LogP contribution in [-0.4, -0.2) is 45.8 Å². The number of imidazole rings is 1. The monoisotopic (exact) mass is 410 g/mol. The number of halogens is 1. The highest BCUT2D eigenvalue weighted by Gasteiger charge is 2.48. The Morgan fingerprint density at radius 3 is 2.52 bits per heavy atom. The highest BCUT2D eigenvalue weighted by Crippen LogP contribution is 2.40. The summed E-state index contributed by atoms with van der Waals surface area (Å²) in [5, 5.41) is 3.62. The van der Waals surface area contributed by atoms with Gasteiger partial charge in [0.05, 0.1) is 25.0 Å². The fourth-order valence-electron chi connectivity index (χ4n) is 4.84. The number of fused-ring (bicyclic) bond motifs is 1. The first-order chi connectivity index (χ1) is 14.2. The van der Waals surface area contributed by atoms with Gasteiger partial charge in [0.15, 0.2) is 17.0 Å². The molecule has 4 heterocycles. The summed E-state index contributed by atoms with van der Waals surface area (Å²) in [6, 6.07) is 8.90. The van der Waals surface area contributed by atoms with Crippen molar-refractivity contribution in [3.8, 4) is 0 Å². The molecule has 2 aromatic heterocycles. The van der Waals surface area contributed by atoms with Crippen LogP contribution in [0.3, 0.4) is 0 Å². The summed E-state index contributed by atoms with van der Waals surface area (Å²) < 4.78 is 7.52. The summed E-state index contributed by atoms with van der Waals surface area (Å²) in [5.41, 5.74) is 4.19. The molecule has 29 heavy (non-hydrogen) atoms. The van der Waals surface area contributed by atoms with Gasteiger partial charge in [-0.2, -0.15) is 9.97 Å². The highest BCUT2D eigenvalue weighted by atomic mass is 35.5. The van der Waals surface area contributed by atoms with Crippen LogP contribution in [0.15, 0.2) is 30.6 Å². The Balaban J connectivity index is 1.24. The number of rotatable bonds is 4. The van der Waals surface area contributed by atoms with Crippen molar-refractivity contribution in [1.29, 1.82) is 0 Å². The number of hydrogen-bond acceptors (Lipinski definition) is 6. The molecule has 2 saturated heterocycles. The maximum Gasteiger partial charge on any atom is 0.226 e. The van der Waals surface area contributed by atoms with E-state index in [0.717, 1.165) is 43.2 Å². The van der Waals surface area contributed by atoms with Crippen LogP contribution in [-0.2, 0) is 4.74 Å². The third-order valence-corrected chi connectivity index (χ3v) is 6.65. The van der Waals surface area contributed by atoms with Crippen LogP contribution in [0.4, 0.5) is 17.2 Å². The molecule has 0 radical (unpaired) electrons. The van der Waals surface area contributed by atoms with Crippen LogP contribution in [0.1, 0.15) is 31.7 Å². The van der Waals surface area contributed by atoms with Crippen molar-refractivity contribution in [1.82, 2.24) is 19.5 Å². The van der Waals surface area contributed by atoms with Gasteiger partial charge in [0.2, 0.25) is 5.28 Å². The molecule has 0 amide bonds. The molecule has 3 fully saturated rings. The van der Waals surface area contributed by atoms with Crippen molar-refractivity contribution in [2.24, 2.45) is 5.41 Å². The molecule has 1 aromatic carbocycles. The summed E-state index contributed by atoms with van der Waals surface area (Å²) in [5.74, 6) is 0.652. The van der Waals surface area contributed by atoms with Crippen LogP contribution in [0.5, 0.6) is 0 Å². The van der Waals surface area contributed by atoms with Crippen LogP contribution in [0, 0.1) is 5.41 Å². The van der Waals surface area contributed by atoms with Crippen molar-refractivity contribution in [3.05, 3.63) is 35.9 Å². The zero-order chi connectivity index (χ0) is 19.4. The van der Waals surface area contributed by atoms with Crippen molar-refractivity contribution in [3.63, 3.8) is 0 Å². The standard InChI is InChI=1S/C21H23ClN6O/c22-20-25-18(17-19(26-20)28(13-23-17)16-3-1-2-4-16)24-14-5-7-15(8-6-14)27-9-21(10-27)11-29-12-21/h5-8,13,16H,1-4,9-12H2,(H,24,25,26). The van der Waals surface area contributed by atoms with Gasteiger partial charge in [-0.1, -0.05) is 12.8 Å². The zero-order valence-corrected chi connectivity index (χ0v) is 16.9. The van der Waals surface area contributed by atoms with E-state index in [-0.39, 0.29) is 5.28 Å². The Labute approximate surface area is 174 Å². The number of nitrogens with zero attached hydrogens (tertiary/aromatic N) is 5. The van der Waals surface area contributed by atoms with Crippen LogP contribution in [0.2, 0.25) is 5.28 Å². The molecule has 0 bridgehead atoms. The molecule has 1 saturated carbocycles. The third-order valence-electron chi connectivity index (χ3n) is 6.48. The van der Waals surface area contributed by atoms with Crippen molar-refractivity contribution >= 4 is 40.0 Å². The predicted octanol–water partition coefficient (Wildman–Crippen LogP) is 4.18. The minimum Gasteiger partial charge on any atom is -0.380 e. The van der Waals surface area contributed by atoms with Crippen LogP contribution >= 0.6 is 11.6 Å². The van der Waals surface area contributed by atoms with Crippen LogP contribution in [0.25, 0.3) is 11.2 Å². The molecular formula is C21H23ClN6O. The predicted molar refractivity (Wildman–Crippen MR) is 113 cm³/mol. The van der Waals surface area contributed by atoms with Crippen molar-refractivity contribution in [2.75, 3.05) is 36.5 Å². The molecule has 1 aliphatic carbocycles. The quantitative estimate of drug-likeness (QED) is 0.651. The Bertz CT molecular complexity index is 1050. The number of anilines is 3. The number of aromatic nitrogens is 4. The number of ether oxygens (including phenoxy) is 1. The molecule has 6 rings (SSSR count). The number of benzene rings is 1. The lowest BCUT2D eigenvalue weighted by Gasteiger charge is -2.56. The summed E-state index contributed by atoms with van der Waals surface area (Å²) in [6.07, 6.45) is 6.73. The smallest absolute Gasteiger partial charge is 0.226 e. The van der Waals surface area contributed by atoms with Crippen LogP contribution < -0.4 is 10.2 Å². The molecule has 2 aliphatic heterocycles. The van der Waals surface area contributed by atoms with Gasteiger partial charge in [-0.3, -0.25) is 0 Å². The minimum absolute atomic E-state index is 0.241. The summed E-state index contributed by atoms with van der Waals surface area (Å²) >= 11 is 6.24. The SMILES string of the molecule is Clc1nc(Nc2ccc(N3CC4(COC4)C3)cc2)c2ncn(C3CCCC3)c2n1. The molecule has 1 spiro atoms. The van der Waals surface area contributed by atoms with Gasteiger partial charge < -0.3 is 19.5 Å². The lowest BCUT2D eigenvalue weighted by molar-refractivity contribution is -0.127. The average molecular weight is 411 g/mol. The fraction of sp³-hybridized carbons (Fsp3) is 0.476. The van der Waals surface area contributed by atoms with E-state index < -0.39 is 0 Å². The van der Waals surface area contributed by atoms with Gasteiger partial charge in [0.25, 0.3) is 0 Å². The van der Waals surface area contributed by atoms with E-state index in [0.29, 0.717) is 17.3 Å². The maximum absolute atomic E-state index is 6.24. The van der Waals surface area contributed by atoms with E-state index in [9.17, 15) is 0 Å². The first-order valence-corrected chi connectivity index (χ1v) is 10.7. The van der Waals surface area contributed by atoms with Gasteiger partial charge in [-0.15, -0.1) is 0 Å². The van der Waals surface area contributed by atoms with E-state index >= 15 is 0 Å². The second-order valence-corrected chi connectivity index (χ2v) is 8.96. The molecule has 0 unspecified atom stereocenters. The molecule has 3 aliphatic rings. The Morgan fingerprint density at radius 1 is 1.07 bits per heavy atom. The topological polar surface area (TPSA) is 68.1 Å². The number of nitrogens with one attached hydrogen (secondary N) is 1. The molecule has 1 N–H and O–H groups in total. The van der Waals surface area contributed by atoms with E-state index in [1.54, 1.807) is 0 Å². The molecule has 8 heteroatoms. The normalized spacial score (nSPS) is 20.8. The lowest BCUT2D eigenvalue weighted by atomic mass is 9.78. The van der Waals surface area contributed by atoms with E-state index in [1.807, 2.05) is 6.33 Å². The van der Waals surface area contributed by atoms with E-state index in [2.05, 4.69) is 54.0 Å². The number of hydrogen-bond donors (Lipinski definition) is 1. The van der Waals surface area contributed by atoms with Gasteiger partial charge in [-0.05, 0) is 48.7 Å². The van der Waals surface area contributed by atoms with Gasteiger partial charge in [-0.25, -0.2) is 4.98 Å². The zero-order valence-electron chi connectivity index (χ0n) is 16.1. The van der Waals surface area contributed by atoms with Gasteiger partial charge in [0, 0.05) is 30.5 Å². The van der Waals surface area contributed by atoms with Gasteiger partial charge in [0.1, 0.15) is 0 Å². The first-order valence-electron chi connectivity index (χ1n) is 10.3. The fourth-order valence-corrected chi connectivity index (χ4v) is 5.00.